The van der Waals surface area contributed by atoms with Crippen molar-refractivity contribution in [3.05, 3.63) is 35.9 Å². The van der Waals surface area contributed by atoms with E-state index in [0.29, 0.717) is 19.5 Å². The zero-order valence-corrected chi connectivity index (χ0v) is 10.6. The van der Waals surface area contributed by atoms with E-state index >= 15 is 0 Å². The van der Waals surface area contributed by atoms with Crippen molar-refractivity contribution >= 4 is 11.9 Å². The molecule has 4 nitrogen and oxygen atoms in total. The molecule has 0 aliphatic rings. The van der Waals surface area contributed by atoms with Gasteiger partial charge in [-0.1, -0.05) is 30.3 Å². The molecule has 18 heavy (non-hydrogen) atoms. The first kappa shape index (κ1) is 14.2. The fourth-order valence-corrected chi connectivity index (χ4v) is 1.76. The summed E-state index contributed by atoms with van der Waals surface area (Å²) in [5, 5.41) is 8.57. The predicted octanol–water partition coefficient (Wildman–Crippen LogP) is 1.94. The van der Waals surface area contributed by atoms with Gasteiger partial charge in [-0.05, 0) is 18.4 Å². The molecule has 0 spiro atoms. The summed E-state index contributed by atoms with van der Waals surface area (Å²) in [5.74, 6) is -0.821. The van der Waals surface area contributed by atoms with Gasteiger partial charge in [0.25, 0.3) is 0 Å². The van der Waals surface area contributed by atoms with E-state index in [1.54, 1.807) is 4.90 Å². The summed E-state index contributed by atoms with van der Waals surface area (Å²) in [6.07, 6.45) is 1.41. The molecule has 0 atom stereocenters. The van der Waals surface area contributed by atoms with E-state index in [1.165, 1.54) is 12.5 Å². The van der Waals surface area contributed by atoms with Crippen molar-refractivity contribution in [2.45, 2.75) is 26.2 Å². The van der Waals surface area contributed by atoms with Crippen LogP contribution in [0.4, 0.5) is 0 Å². The van der Waals surface area contributed by atoms with E-state index in [-0.39, 0.29) is 12.3 Å². The molecule has 0 aliphatic heterocycles. The van der Waals surface area contributed by atoms with Crippen LogP contribution in [0.25, 0.3) is 0 Å². The molecular formula is C14H19NO3. The molecule has 0 radical (unpaired) electrons. The van der Waals surface area contributed by atoms with Gasteiger partial charge in [-0.25, -0.2) is 0 Å². The molecule has 0 aliphatic carbocycles. The van der Waals surface area contributed by atoms with Gasteiger partial charge < -0.3 is 10.0 Å². The lowest BCUT2D eigenvalue weighted by atomic mass is 10.1. The Hall–Kier alpha value is -1.84. The predicted molar refractivity (Wildman–Crippen MR) is 69.3 cm³/mol. The molecule has 4 heteroatoms. The highest BCUT2D eigenvalue weighted by Gasteiger charge is 2.09. The lowest BCUT2D eigenvalue weighted by Gasteiger charge is -2.20. The van der Waals surface area contributed by atoms with Gasteiger partial charge in [0.15, 0.2) is 0 Å². The quantitative estimate of drug-likeness (QED) is 0.803. The van der Waals surface area contributed by atoms with Gasteiger partial charge in [0.05, 0.1) is 0 Å². The molecule has 0 heterocycles. The number of carboxylic acids is 1. The number of benzene rings is 1. The van der Waals surface area contributed by atoms with Gasteiger partial charge in [-0.15, -0.1) is 0 Å². The third-order valence-electron chi connectivity index (χ3n) is 2.78. The standard InChI is InChI=1S/C14H19NO3/c1-12(16)15(10-5-8-14(17)18)11-9-13-6-3-2-4-7-13/h2-4,6-7H,5,8-11H2,1H3,(H,17,18). The first-order valence-corrected chi connectivity index (χ1v) is 6.11. The zero-order chi connectivity index (χ0) is 13.4. The van der Waals surface area contributed by atoms with E-state index in [1.807, 2.05) is 30.3 Å². The van der Waals surface area contributed by atoms with E-state index in [0.717, 1.165) is 6.42 Å². The van der Waals surface area contributed by atoms with Crippen LogP contribution in [0, 0.1) is 0 Å². The summed E-state index contributed by atoms with van der Waals surface area (Å²) in [5.41, 5.74) is 1.18. The minimum Gasteiger partial charge on any atom is -0.481 e. The molecule has 0 aromatic heterocycles. The van der Waals surface area contributed by atoms with E-state index in [4.69, 9.17) is 5.11 Å². The topological polar surface area (TPSA) is 57.6 Å². The SMILES string of the molecule is CC(=O)N(CCCC(=O)O)CCc1ccccc1. The van der Waals surface area contributed by atoms with Crippen molar-refractivity contribution in [2.75, 3.05) is 13.1 Å². The number of aliphatic carboxylic acids is 1. The molecule has 98 valence electrons. The van der Waals surface area contributed by atoms with Crippen LogP contribution in [-0.2, 0) is 16.0 Å². The van der Waals surface area contributed by atoms with Crippen LogP contribution in [-0.4, -0.2) is 35.0 Å². The Labute approximate surface area is 107 Å². The van der Waals surface area contributed by atoms with Crippen LogP contribution >= 0.6 is 0 Å². The Morgan fingerprint density at radius 2 is 1.83 bits per heavy atom. The second kappa shape index (κ2) is 7.48. The van der Waals surface area contributed by atoms with Gasteiger partial charge in [0, 0.05) is 26.4 Å². The monoisotopic (exact) mass is 249 g/mol. The van der Waals surface area contributed by atoms with Crippen molar-refractivity contribution in [3.63, 3.8) is 0 Å². The number of nitrogens with zero attached hydrogens (tertiary/aromatic N) is 1. The Morgan fingerprint density at radius 1 is 1.17 bits per heavy atom. The molecule has 1 N–H and O–H groups in total. The van der Waals surface area contributed by atoms with E-state index in [2.05, 4.69) is 0 Å². The Balaban J connectivity index is 2.38. The number of carboxylic acid groups (broad SMARTS) is 1. The van der Waals surface area contributed by atoms with Crippen molar-refractivity contribution in [2.24, 2.45) is 0 Å². The third kappa shape index (κ3) is 5.48. The number of amides is 1. The van der Waals surface area contributed by atoms with Crippen LogP contribution in [0.1, 0.15) is 25.3 Å². The summed E-state index contributed by atoms with van der Waals surface area (Å²) in [4.78, 5) is 23.6. The average molecular weight is 249 g/mol. The van der Waals surface area contributed by atoms with Gasteiger partial charge in [0.2, 0.25) is 5.91 Å². The molecule has 1 aromatic rings. The Kier molecular flexibility index (Phi) is 5.91. The molecule has 0 bridgehead atoms. The molecule has 0 fully saturated rings. The first-order chi connectivity index (χ1) is 8.59. The largest absolute Gasteiger partial charge is 0.481 e. The number of carbonyl (C=O) groups excluding carboxylic acids is 1. The van der Waals surface area contributed by atoms with Crippen LogP contribution in [0.3, 0.4) is 0 Å². The fraction of sp³-hybridized carbons (Fsp3) is 0.429. The van der Waals surface area contributed by atoms with Crippen LogP contribution in [0.15, 0.2) is 30.3 Å². The number of carbonyl (C=O) groups is 2. The van der Waals surface area contributed by atoms with Gasteiger partial charge in [-0.3, -0.25) is 9.59 Å². The third-order valence-corrected chi connectivity index (χ3v) is 2.78. The van der Waals surface area contributed by atoms with Gasteiger partial charge >= 0.3 is 5.97 Å². The van der Waals surface area contributed by atoms with E-state index < -0.39 is 5.97 Å². The molecule has 1 amide bonds. The molecule has 1 aromatic carbocycles. The fourth-order valence-electron chi connectivity index (χ4n) is 1.76. The van der Waals surface area contributed by atoms with E-state index in [9.17, 15) is 9.59 Å². The highest BCUT2D eigenvalue weighted by molar-refractivity contribution is 5.73. The minimum absolute atomic E-state index is 0.00341. The molecular weight excluding hydrogens is 230 g/mol. The maximum atomic E-state index is 11.4. The first-order valence-electron chi connectivity index (χ1n) is 6.11. The van der Waals surface area contributed by atoms with Crippen LogP contribution in [0.5, 0.6) is 0 Å². The molecule has 0 saturated heterocycles. The van der Waals surface area contributed by atoms with Crippen molar-refractivity contribution < 1.29 is 14.7 Å². The average Bonchev–Trinajstić information content (AvgIpc) is 2.34. The molecule has 0 unspecified atom stereocenters. The van der Waals surface area contributed by atoms with Gasteiger partial charge in [-0.2, -0.15) is 0 Å². The number of hydrogen-bond acceptors (Lipinski definition) is 2. The van der Waals surface area contributed by atoms with Crippen LogP contribution < -0.4 is 0 Å². The summed E-state index contributed by atoms with van der Waals surface area (Å²) in [7, 11) is 0. The van der Waals surface area contributed by atoms with Gasteiger partial charge in [0.1, 0.15) is 0 Å². The van der Waals surface area contributed by atoms with Crippen molar-refractivity contribution in [3.8, 4) is 0 Å². The maximum absolute atomic E-state index is 11.4. The summed E-state index contributed by atoms with van der Waals surface area (Å²) in [6, 6.07) is 9.94. The smallest absolute Gasteiger partial charge is 0.303 e. The van der Waals surface area contributed by atoms with Crippen molar-refractivity contribution in [1.29, 1.82) is 0 Å². The molecule has 1 rings (SSSR count). The lowest BCUT2D eigenvalue weighted by Crippen LogP contribution is -2.32. The van der Waals surface area contributed by atoms with Crippen LogP contribution in [0.2, 0.25) is 0 Å². The Bertz CT molecular complexity index is 389. The maximum Gasteiger partial charge on any atom is 0.303 e. The summed E-state index contributed by atoms with van der Waals surface area (Å²) in [6.45, 7) is 2.67. The molecule has 0 saturated carbocycles. The highest BCUT2D eigenvalue weighted by atomic mass is 16.4. The highest BCUT2D eigenvalue weighted by Crippen LogP contribution is 2.03. The zero-order valence-electron chi connectivity index (χ0n) is 10.6. The lowest BCUT2D eigenvalue weighted by molar-refractivity contribution is -0.138. The normalized spacial score (nSPS) is 10.1. The number of rotatable bonds is 7. The summed E-state index contributed by atoms with van der Waals surface area (Å²) >= 11 is 0. The minimum atomic E-state index is -0.818. The van der Waals surface area contributed by atoms with Crippen molar-refractivity contribution in [1.82, 2.24) is 4.90 Å². The summed E-state index contributed by atoms with van der Waals surface area (Å²) < 4.78 is 0. The Morgan fingerprint density at radius 3 is 2.39 bits per heavy atom. The second-order valence-corrected chi connectivity index (χ2v) is 4.24. The number of hydrogen-bond donors (Lipinski definition) is 1. The second-order valence-electron chi connectivity index (χ2n) is 4.24.